The van der Waals surface area contributed by atoms with Gasteiger partial charge in [-0.05, 0) is 13.0 Å². The van der Waals surface area contributed by atoms with Crippen LogP contribution in [0.3, 0.4) is 0 Å². The van der Waals surface area contributed by atoms with Crippen LogP contribution in [0.25, 0.3) is 0 Å². The van der Waals surface area contributed by atoms with Crippen molar-refractivity contribution in [3.8, 4) is 0 Å². The molecule has 3 nitrogen and oxygen atoms in total. The smallest absolute Gasteiger partial charge is 0.313 e. The van der Waals surface area contributed by atoms with E-state index in [1.54, 1.807) is 0 Å². The molecule has 0 saturated heterocycles. The lowest BCUT2D eigenvalue weighted by molar-refractivity contribution is -0.144. The number of aromatic nitrogens is 2. The average molecular weight is 314 g/mol. The fourth-order valence-electron chi connectivity index (χ4n) is 2.05. The second kappa shape index (κ2) is 9.23. The molecule has 20 heavy (non-hydrogen) atoms. The Kier molecular flexibility index (Phi) is 8.89. The van der Waals surface area contributed by atoms with Crippen LogP contribution in [0, 0.1) is 0 Å². The number of alkyl halides is 3. The molecule has 118 valence electrons. The molecule has 0 amide bonds. The topological polar surface area (TPSA) is 29.9 Å². The summed E-state index contributed by atoms with van der Waals surface area (Å²) in [7, 11) is 1.32. The van der Waals surface area contributed by atoms with Crippen molar-refractivity contribution < 1.29 is 13.2 Å². The van der Waals surface area contributed by atoms with Crippen LogP contribution >= 0.6 is 12.4 Å². The van der Waals surface area contributed by atoms with Crippen LogP contribution < -0.4 is 5.32 Å². The van der Waals surface area contributed by atoms with Crippen LogP contribution in [0.15, 0.2) is 6.20 Å². The van der Waals surface area contributed by atoms with E-state index >= 15 is 0 Å². The molecule has 1 rings (SSSR count). The SMILES string of the molecule is CCCCCCCNCc1cnn(C)c1C(F)(F)F.Cl. The van der Waals surface area contributed by atoms with Crippen LogP contribution in [0.4, 0.5) is 13.2 Å². The van der Waals surface area contributed by atoms with Gasteiger partial charge in [-0.25, -0.2) is 0 Å². The maximum absolute atomic E-state index is 12.8. The first-order chi connectivity index (χ1) is 8.96. The highest BCUT2D eigenvalue weighted by Gasteiger charge is 2.36. The van der Waals surface area contributed by atoms with Gasteiger partial charge < -0.3 is 5.32 Å². The van der Waals surface area contributed by atoms with Gasteiger partial charge in [0.25, 0.3) is 0 Å². The molecule has 0 saturated carbocycles. The van der Waals surface area contributed by atoms with Gasteiger partial charge in [-0.15, -0.1) is 12.4 Å². The monoisotopic (exact) mass is 313 g/mol. The van der Waals surface area contributed by atoms with Gasteiger partial charge in [-0.1, -0.05) is 32.6 Å². The van der Waals surface area contributed by atoms with E-state index < -0.39 is 11.9 Å². The Bertz CT molecular complexity index is 377. The van der Waals surface area contributed by atoms with Gasteiger partial charge in [-0.3, -0.25) is 4.68 Å². The summed E-state index contributed by atoms with van der Waals surface area (Å²) in [5.74, 6) is 0. The van der Waals surface area contributed by atoms with Gasteiger partial charge in [0, 0.05) is 19.2 Å². The van der Waals surface area contributed by atoms with Crippen molar-refractivity contribution in [2.24, 2.45) is 7.05 Å². The van der Waals surface area contributed by atoms with Crippen molar-refractivity contribution in [1.82, 2.24) is 15.1 Å². The molecule has 0 aromatic carbocycles. The highest BCUT2D eigenvalue weighted by Crippen LogP contribution is 2.31. The van der Waals surface area contributed by atoms with E-state index in [1.165, 1.54) is 32.5 Å². The van der Waals surface area contributed by atoms with Gasteiger partial charge in [-0.2, -0.15) is 18.3 Å². The first-order valence-corrected chi connectivity index (χ1v) is 6.75. The number of hydrogen-bond acceptors (Lipinski definition) is 2. The van der Waals surface area contributed by atoms with E-state index in [9.17, 15) is 13.2 Å². The lowest BCUT2D eigenvalue weighted by atomic mass is 10.1. The molecule has 0 aliphatic rings. The van der Waals surface area contributed by atoms with Crippen LogP contribution in [0.2, 0.25) is 0 Å². The minimum Gasteiger partial charge on any atom is -0.313 e. The van der Waals surface area contributed by atoms with E-state index in [1.807, 2.05) is 0 Å². The fraction of sp³-hybridized carbons (Fsp3) is 0.769. The summed E-state index contributed by atoms with van der Waals surface area (Å²) < 4.78 is 39.2. The molecule has 1 N–H and O–H groups in total. The fourth-order valence-corrected chi connectivity index (χ4v) is 2.05. The van der Waals surface area contributed by atoms with Crippen LogP contribution in [-0.4, -0.2) is 16.3 Å². The third-order valence-corrected chi connectivity index (χ3v) is 3.06. The van der Waals surface area contributed by atoms with Crippen LogP contribution in [0.1, 0.15) is 50.3 Å². The van der Waals surface area contributed by atoms with Crippen molar-refractivity contribution in [3.63, 3.8) is 0 Å². The number of nitrogens with one attached hydrogen (secondary N) is 1. The van der Waals surface area contributed by atoms with E-state index in [-0.39, 0.29) is 24.5 Å². The van der Waals surface area contributed by atoms with Crippen LogP contribution in [-0.2, 0) is 19.8 Å². The van der Waals surface area contributed by atoms with Gasteiger partial charge in [0.2, 0.25) is 0 Å². The van der Waals surface area contributed by atoms with Crippen LogP contribution in [0.5, 0.6) is 0 Å². The second-order valence-electron chi connectivity index (χ2n) is 4.73. The summed E-state index contributed by atoms with van der Waals surface area (Å²) >= 11 is 0. The molecule has 0 atom stereocenters. The minimum atomic E-state index is -4.34. The molecule has 1 heterocycles. The third-order valence-electron chi connectivity index (χ3n) is 3.06. The van der Waals surface area contributed by atoms with E-state index in [0.717, 1.165) is 24.1 Å². The summed E-state index contributed by atoms with van der Waals surface area (Å²) in [6.45, 7) is 3.12. The largest absolute Gasteiger partial charge is 0.433 e. The second-order valence-corrected chi connectivity index (χ2v) is 4.73. The first-order valence-electron chi connectivity index (χ1n) is 6.75. The number of rotatable bonds is 8. The zero-order valence-corrected chi connectivity index (χ0v) is 12.8. The molecular weight excluding hydrogens is 291 g/mol. The number of nitrogens with zero attached hydrogens (tertiary/aromatic N) is 2. The third kappa shape index (κ3) is 6.13. The minimum absolute atomic E-state index is 0. The van der Waals surface area contributed by atoms with E-state index in [0.29, 0.717) is 0 Å². The molecule has 0 bridgehead atoms. The standard InChI is InChI=1S/C13H22F3N3.ClH/c1-3-4-5-6-7-8-17-9-11-10-18-19(2)12(11)13(14,15)16;/h10,17H,3-9H2,1-2H3;1H. The molecule has 0 aliphatic heterocycles. The number of unbranched alkanes of at least 4 members (excludes halogenated alkanes) is 4. The molecular formula is C13H23ClF3N3. The predicted molar refractivity (Wildman–Crippen MR) is 75.9 cm³/mol. The lowest BCUT2D eigenvalue weighted by Gasteiger charge is -2.10. The Balaban J connectivity index is 0.00000361. The summed E-state index contributed by atoms with van der Waals surface area (Å²) in [6.07, 6.45) is 2.68. The van der Waals surface area contributed by atoms with Crippen molar-refractivity contribution in [2.75, 3.05) is 6.54 Å². The maximum atomic E-state index is 12.8. The molecule has 1 aromatic heterocycles. The highest BCUT2D eigenvalue weighted by molar-refractivity contribution is 5.85. The normalized spacial score (nSPS) is 11.4. The molecule has 0 fully saturated rings. The first kappa shape index (κ1) is 19.2. The Labute approximate surface area is 124 Å². The predicted octanol–water partition coefficient (Wildman–Crippen LogP) is 3.92. The number of aryl methyl sites for hydroxylation is 1. The van der Waals surface area contributed by atoms with Crippen molar-refractivity contribution in [1.29, 1.82) is 0 Å². The molecule has 0 aliphatic carbocycles. The number of hydrogen-bond donors (Lipinski definition) is 1. The quantitative estimate of drug-likeness (QED) is 0.737. The molecule has 7 heteroatoms. The van der Waals surface area contributed by atoms with Crippen molar-refractivity contribution in [3.05, 3.63) is 17.5 Å². The number of halogens is 4. The lowest BCUT2D eigenvalue weighted by Crippen LogP contribution is -2.19. The summed E-state index contributed by atoms with van der Waals surface area (Å²) in [5.41, 5.74) is -0.449. The van der Waals surface area contributed by atoms with Gasteiger partial charge in [0.1, 0.15) is 5.69 Å². The molecule has 0 spiro atoms. The van der Waals surface area contributed by atoms with Gasteiger partial charge in [0.15, 0.2) is 0 Å². The Morgan fingerprint density at radius 2 is 1.85 bits per heavy atom. The highest BCUT2D eigenvalue weighted by atomic mass is 35.5. The molecule has 0 unspecified atom stereocenters. The average Bonchev–Trinajstić information content (AvgIpc) is 2.69. The summed E-state index contributed by atoms with van der Waals surface area (Å²) in [6, 6.07) is 0. The Morgan fingerprint density at radius 1 is 1.20 bits per heavy atom. The van der Waals surface area contributed by atoms with E-state index in [4.69, 9.17) is 0 Å². The summed E-state index contributed by atoms with van der Waals surface area (Å²) in [5, 5.41) is 6.73. The van der Waals surface area contributed by atoms with Gasteiger partial charge in [0.05, 0.1) is 6.20 Å². The maximum Gasteiger partial charge on any atom is 0.433 e. The zero-order chi connectivity index (χ0) is 14.3. The Hall–Kier alpha value is -0.750. The van der Waals surface area contributed by atoms with Crippen molar-refractivity contribution >= 4 is 12.4 Å². The van der Waals surface area contributed by atoms with E-state index in [2.05, 4.69) is 17.3 Å². The molecule has 0 radical (unpaired) electrons. The Morgan fingerprint density at radius 3 is 2.45 bits per heavy atom. The molecule has 1 aromatic rings. The van der Waals surface area contributed by atoms with Crippen molar-refractivity contribution in [2.45, 2.75) is 51.7 Å². The zero-order valence-electron chi connectivity index (χ0n) is 12.0. The van der Waals surface area contributed by atoms with Gasteiger partial charge >= 0.3 is 6.18 Å². The summed E-state index contributed by atoms with van der Waals surface area (Å²) in [4.78, 5) is 0.